The highest BCUT2D eigenvalue weighted by Crippen LogP contribution is 2.57. The molecule has 0 amide bonds. The van der Waals surface area contributed by atoms with Gasteiger partial charge in [-0.15, -0.1) is 0 Å². The van der Waals surface area contributed by atoms with Gasteiger partial charge in [-0.25, -0.2) is 8.42 Å². The van der Waals surface area contributed by atoms with E-state index in [1.807, 2.05) is 22.6 Å². The van der Waals surface area contributed by atoms with Crippen molar-refractivity contribution in [3.63, 3.8) is 0 Å². The van der Waals surface area contributed by atoms with Crippen LogP contribution in [0.25, 0.3) is 0 Å². The molecule has 6 nitrogen and oxygen atoms in total. The number of fused-ring (bicyclic) bond motifs is 6. The topological polar surface area (TPSA) is 101 Å². The Kier molecular flexibility index (Phi) is 7.72. The number of hydrogen-bond acceptors (Lipinski definition) is 6. The molecule has 0 heterocycles. The lowest BCUT2D eigenvalue weighted by Gasteiger charge is -2.30. The Balaban J connectivity index is 1.33. The van der Waals surface area contributed by atoms with E-state index in [1.165, 1.54) is 18.1 Å². The van der Waals surface area contributed by atoms with E-state index in [0.717, 1.165) is 43.2 Å². The van der Waals surface area contributed by atoms with E-state index in [2.05, 4.69) is 48.6 Å². The van der Waals surface area contributed by atoms with E-state index in [9.17, 15) is 21.4 Å². The Morgan fingerprint density at radius 1 is 0.614 bits per heavy atom. The van der Waals surface area contributed by atoms with Crippen LogP contribution in [0.2, 0.25) is 0 Å². The molecule has 2 aromatic rings. The Bertz CT molecular complexity index is 1840. The van der Waals surface area contributed by atoms with Crippen molar-refractivity contribution in [3.8, 4) is 5.75 Å². The fourth-order valence-electron chi connectivity index (χ4n) is 9.20. The number of benzene rings is 2. The Labute approximate surface area is 299 Å². The van der Waals surface area contributed by atoms with E-state index in [0.29, 0.717) is 33.2 Å². The van der Waals surface area contributed by atoms with Gasteiger partial charge in [0.2, 0.25) is 0 Å². The Morgan fingerprint density at radius 3 is 1.50 bits per heavy atom. The fourth-order valence-corrected chi connectivity index (χ4v) is 16.8. The van der Waals surface area contributed by atoms with Crippen LogP contribution in [0.5, 0.6) is 5.75 Å². The van der Waals surface area contributed by atoms with E-state index >= 15 is 0 Å². The molecule has 9 unspecified atom stereocenters. The van der Waals surface area contributed by atoms with Crippen molar-refractivity contribution in [1.82, 2.24) is 0 Å². The molecule has 0 saturated heterocycles. The second kappa shape index (κ2) is 11.0. The molecule has 6 aliphatic rings. The second-order valence-corrected chi connectivity index (χ2v) is 19.7. The average Bonchev–Trinajstić information content (AvgIpc) is 3.81. The van der Waals surface area contributed by atoms with Crippen LogP contribution in [0.4, 0.5) is 0 Å². The van der Waals surface area contributed by atoms with Crippen LogP contribution in [0.3, 0.4) is 0 Å². The molecule has 232 valence electrons. The summed E-state index contributed by atoms with van der Waals surface area (Å²) in [6, 6.07) is 5.88. The molecule has 0 aliphatic heterocycles. The second-order valence-electron chi connectivity index (χ2n) is 13.5. The van der Waals surface area contributed by atoms with Crippen molar-refractivity contribution in [2.24, 2.45) is 35.5 Å². The van der Waals surface area contributed by atoms with Crippen molar-refractivity contribution < 1.29 is 25.6 Å². The van der Waals surface area contributed by atoms with Crippen molar-refractivity contribution in [2.45, 2.75) is 66.1 Å². The van der Waals surface area contributed by atoms with Gasteiger partial charge < -0.3 is 8.74 Å². The van der Waals surface area contributed by atoms with Crippen molar-refractivity contribution >= 4 is 88.0 Å². The summed E-state index contributed by atoms with van der Waals surface area (Å²) in [7, 11) is -9.29. The first kappa shape index (κ1) is 30.8. The van der Waals surface area contributed by atoms with Crippen LogP contribution in [-0.4, -0.2) is 21.4 Å². The van der Waals surface area contributed by atoms with Crippen LogP contribution in [0.15, 0.2) is 64.4 Å². The molecule has 2 aromatic carbocycles. The molecule has 11 heteroatoms. The van der Waals surface area contributed by atoms with Gasteiger partial charge in [0.15, 0.2) is 5.75 Å². The zero-order valence-corrected chi connectivity index (χ0v) is 31.6. The molecule has 0 aromatic heterocycles. The summed E-state index contributed by atoms with van der Waals surface area (Å²) >= 11 is 5.50. The van der Waals surface area contributed by atoms with E-state index < -0.39 is 25.1 Å². The van der Waals surface area contributed by atoms with Gasteiger partial charge in [-0.1, -0.05) is 48.6 Å². The fraction of sp³-hybridized carbons (Fsp3) is 0.455. The minimum atomic E-state index is -4.86. The number of halogens is 3. The molecule has 0 spiro atoms. The van der Waals surface area contributed by atoms with Crippen molar-refractivity contribution in [2.75, 3.05) is 0 Å². The number of allylic oxidation sites excluding steroid dienone is 6. The van der Waals surface area contributed by atoms with Gasteiger partial charge in [0, 0.05) is 3.57 Å². The summed E-state index contributed by atoms with van der Waals surface area (Å²) in [5.74, 6) is 2.99. The summed E-state index contributed by atoms with van der Waals surface area (Å²) in [5.41, 5.74) is 2.97. The van der Waals surface area contributed by atoms with Gasteiger partial charge in [0.25, 0.3) is 0 Å². The van der Waals surface area contributed by atoms with Crippen LogP contribution >= 0.6 is 67.8 Å². The Hall–Kier alpha value is -0.490. The van der Waals surface area contributed by atoms with Crippen LogP contribution in [0, 0.1) is 46.2 Å². The summed E-state index contributed by atoms with van der Waals surface area (Å²) in [4.78, 5) is -0.172. The molecule has 0 N–H and O–H groups in total. The van der Waals surface area contributed by atoms with Gasteiger partial charge in [0.05, 0.1) is 12.0 Å². The predicted molar refractivity (Wildman–Crippen MR) is 191 cm³/mol. The van der Waals surface area contributed by atoms with Gasteiger partial charge in [-0.2, -0.15) is 8.42 Å². The standard InChI is InChI=1S/C33H31I3O6S2/c34-28-15-29(35)33(43(37,38)39)30(36)31(28)42-44(40,41)32-26(24-11-17-2-5-20(24)8-17)13-22(23-10-16-1-4-19(23)7-16)14-27(32)25-12-18-3-6-21(25)9-18/h1-6,13-21,23-25H,7-12H2,(H,37,38,39)/p-1. The first-order valence-electron chi connectivity index (χ1n) is 15.2. The SMILES string of the molecule is O=S(=O)([O-])c1c(I)cc(I)c(OS(=O)(=O)c2c(C3CC4C=CC3C4)cc(C3CC4C=CC3C4)cc2C2CC3C=CC2C3)c1I. The molecule has 0 radical (unpaired) electrons. The number of hydrogen-bond donors (Lipinski definition) is 0. The molecule has 8 rings (SSSR count). The molecule has 3 fully saturated rings. The lowest BCUT2D eigenvalue weighted by Crippen LogP contribution is -2.23. The van der Waals surface area contributed by atoms with Crippen LogP contribution in [0.1, 0.15) is 73.0 Å². The third-order valence-electron chi connectivity index (χ3n) is 11.0. The monoisotopic (exact) mass is 967 g/mol. The summed E-state index contributed by atoms with van der Waals surface area (Å²) in [6.07, 6.45) is 20.0. The summed E-state index contributed by atoms with van der Waals surface area (Å²) < 4.78 is 72.9. The maximum Gasteiger partial charge on any atom is 0.339 e. The molecule has 9 atom stereocenters. The maximum absolute atomic E-state index is 14.8. The lowest BCUT2D eigenvalue weighted by atomic mass is 9.77. The molecule has 44 heavy (non-hydrogen) atoms. The van der Waals surface area contributed by atoms with E-state index in [4.69, 9.17) is 4.18 Å². The third-order valence-corrected chi connectivity index (χ3v) is 16.7. The van der Waals surface area contributed by atoms with Gasteiger partial charge in [0.1, 0.15) is 15.0 Å². The zero-order valence-electron chi connectivity index (χ0n) is 23.5. The average molecular weight is 967 g/mol. The van der Waals surface area contributed by atoms with Crippen molar-refractivity contribution in [1.29, 1.82) is 0 Å². The molecule has 6 aliphatic carbocycles. The summed E-state index contributed by atoms with van der Waals surface area (Å²) in [6.45, 7) is 0. The maximum atomic E-state index is 14.8. The highest BCUT2D eigenvalue weighted by atomic mass is 127. The van der Waals surface area contributed by atoms with Gasteiger partial charge in [-0.3, -0.25) is 0 Å². The molecule has 3 saturated carbocycles. The van der Waals surface area contributed by atoms with E-state index in [-0.39, 0.29) is 41.5 Å². The molecular formula is C33H30I3O6S2-. The summed E-state index contributed by atoms with van der Waals surface area (Å²) in [5, 5.41) is 0. The predicted octanol–water partition coefficient (Wildman–Crippen LogP) is 8.21. The van der Waals surface area contributed by atoms with Crippen LogP contribution < -0.4 is 4.18 Å². The lowest BCUT2D eigenvalue weighted by molar-refractivity contribution is 0.455. The largest absolute Gasteiger partial charge is 0.744 e. The zero-order chi connectivity index (χ0) is 30.7. The first-order chi connectivity index (χ1) is 20.9. The normalized spacial score (nSPS) is 34.6. The minimum Gasteiger partial charge on any atom is -0.744 e. The van der Waals surface area contributed by atoms with E-state index in [1.54, 1.807) is 45.2 Å². The van der Waals surface area contributed by atoms with Crippen LogP contribution in [-0.2, 0) is 20.2 Å². The van der Waals surface area contributed by atoms with Gasteiger partial charge in [-0.05, 0) is 182 Å². The smallest absolute Gasteiger partial charge is 0.339 e. The van der Waals surface area contributed by atoms with Gasteiger partial charge >= 0.3 is 10.1 Å². The molecule has 6 bridgehead atoms. The molecular weight excluding hydrogens is 937 g/mol. The number of rotatable bonds is 7. The minimum absolute atomic E-state index is 0.00308. The van der Waals surface area contributed by atoms with Crippen molar-refractivity contribution in [3.05, 3.63) is 82.1 Å². The highest BCUT2D eigenvalue weighted by Gasteiger charge is 2.46. The first-order valence-corrected chi connectivity index (χ1v) is 21.2. The Morgan fingerprint density at radius 2 is 1.09 bits per heavy atom. The third kappa shape index (κ3) is 5.11. The highest BCUT2D eigenvalue weighted by molar-refractivity contribution is 14.1. The quantitative estimate of drug-likeness (QED) is 0.120.